The van der Waals surface area contributed by atoms with Crippen molar-refractivity contribution in [1.29, 1.82) is 0 Å². The smallest absolute Gasteiger partial charge is 0.126 e. The van der Waals surface area contributed by atoms with Crippen molar-refractivity contribution in [3.05, 3.63) is 30.1 Å². The third-order valence-corrected chi connectivity index (χ3v) is 8.44. The topological polar surface area (TPSA) is 37.1 Å². The SMILES string of the molecule is O[C@H](COCCC12CC3CC(CC(C3)C1)C2)C[NH+]1CCN(c2ccc(F)cc2)CC1. The molecule has 1 aliphatic heterocycles. The van der Waals surface area contributed by atoms with Crippen molar-refractivity contribution in [2.24, 2.45) is 23.2 Å². The average molecular weight is 418 g/mol. The molecule has 2 N–H and O–H groups in total. The molecule has 4 aliphatic carbocycles. The van der Waals surface area contributed by atoms with Crippen LogP contribution in [0.15, 0.2) is 24.3 Å². The molecule has 0 spiro atoms. The van der Waals surface area contributed by atoms with Crippen LogP contribution in [0.2, 0.25) is 0 Å². The summed E-state index contributed by atoms with van der Waals surface area (Å²) >= 11 is 0. The highest BCUT2D eigenvalue weighted by Gasteiger charge is 2.50. The first-order chi connectivity index (χ1) is 14.6. The monoisotopic (exact) mass is 417 g/mol. The fraction of sp³-hybridized carbons (Fsp3) is 0.760. The van der Waals surface area contributed by atoms with Crippen molar-refractivity contribution in [2.45, 2.75) is 51.0 Å². The molecular weight excluding hydrogens is 379 g/mol. The minimum absolute atomic E-state index is 0.186. The van der Waals surface area contributed by atoms with Crippen LogP contribution in [-0.4, -0.2) is 57.1 Å². The number of ether oxygens (including phenoxy) is 1. The second-order valence-corrected chi connectivity index (χ2v) is 10.8. The van der Waals surface area contributed by atoms with E-state index in [2.05, 4.69) is 4.90 Å². The molecule has 0 unspecified atom stereocenters. The number of piperazine rings is 1. The zero-order valence-corrected chi connectivity index (χ0v) is 18.2. The molecule has 5 heteroatoms. The largest absolute Gasteiger partial charge is 0.385 e. The first-order valence-electron chi connectivity index (χ1n) is 12.2. The Morgan fingerprint density at radius 2 is 1.63 bits per heavy atom. The lowest BCUT2D eigenvalue weighted by atomic mass is 9.49. The van der Waals surface area contributed by atoms with E-state index in [-0.39, 0.29) is 11.9 Å². The van der Waals surface area contributed by atoms with Gasteiger partial charge in [-0.05, 0) is 92.4 Å². The molecule has 4 nitrogen and oxygen atoms in total. The standard InChI is InChI=1S/C25H37FN2O2/c26-22-1-3-23(4-2-22)28-8-6-27(7-9-28)17-24(29)18-30-10-5-25-14-19-11-20(15-25)13-21(12-19)16-25/h1-4,19-21,24,29H,5-18H2/p+1/t19?,20?,21?,24-,25?/m0/s1. The number of rotatable bonds is 8. The summed E-state index contributed by atoms with van der Waals surface area (Å²) in [6, 6.07) is 6.76. The van der Waals surface area contributed by atoms with Crippen molar-refractivity contribution >= 4 is 5.69 Å². The van der Waals surface area contributed by atoms with Gasteiger partial charge < -0.3 is 19.6 Å². The van der Waals surface area contributed by atoms with E-state index in [0.717, 1.165) is 62.8 Å². The predicted molar refractivity (Wildman–Crippen MR) is 116 cm³/mol. The maximum Gasteiger partial charge on any atom is 0.126 e. The molecule has 166 valence electrons. The van der Waals surface area contributed by atoms with E-state index in [4.69, 9.17) is 4.74 Å². The summed E-state index contributed by atoms with van der Waals surface area (Å²) < 4.78 is 19.1. The zero-order chi connectivity index (χ0) is 20.6. The number of aliphatic hydroxyl groups excluding tert-OH is 1. The summed E-state index contributed by atoms with van der Waals surface area (Å²) in [6.45, 7) is 5.94. The van der Waals surface area contributed by atoms with E-state index in [9.17, 15) is 9.50 Å². The zero-order valence-electron chi connectivity index (χ0n) is 18.2. The van der Waals surface area contributed by atoms with Crippen LogP contribution in [0.5, 0.6) is 0 Å². The number of nitrogens with zero attached hydrogens (tertiary/aromatic N) is 1. The van der Waals surface area contributed by atoms with Crippen LogP contribution >= 0.6 is 0 Å². The second kappa shape index (κ2) is 8.76. The summed E-state index contributed by atoms with van der Waals surface area (Å²) in [7, 11) is 0. The van der Waals surface area contributed by atoms with Gasteiger partial charge in [0.2, 0.25) is 0 Å². The predicted octanol–water partition coefficient (Wildman–Crippen LogP) is 2.51. The number of halogens is 1. The van der Waals surface area contributed by atoms with Gasteiger partial charge in [0.15, 0.2) is 0 Å². The highest BCUT2D eigenvalue weighted by atomic mass is 19.1. The summed E-state index contributed by atoms with van der Waals surface area (Å²) in [5.74, 6) is 2.81. The quantitative estimate of drug-likeness (QED) is 0.639. The van der Waals surface area contributed by atoms with Crippen LogP contribution < -0.4 is 9.80 Å². The number of aliphatic hydroxyl groups is 1. The van der Waals surface area contributed by atoms with Crippen LogP contribution in [0, 0.1) is 29.0 Å². The minimum Gasteiger partial charge on any atom is -0.385 e. The van der Waals surface area contributed by atoms with Crippen molar-refractivity contribution in [3.63, 3.8) is 0 Å². The van der Waals surface area contributed by atoms with Crippen LogP contribution in [0.1, 0.15) is 44.9 Å². The van der Waals surface area contributed by atoms with Gasteiger partial charge in [-0.1, -0.05) is 0 Å². The van der Waals surface area contributed by atoms with Crippen molar-refractivity contribution in [1.82, 2.24) is 0 Å². The van der Waals surface area contributed by atoms with Gasteiger partial charge in [-0.3, -0.25) is 0 Å². The lowest BCUT2D eigenvalue weighted by Gasteiger charge is -2.57. The number of hydrogen-bond donors (Lipinski definition) is 2. The molecular formula is C25H38FN2O2+. The Hall–Kier alpha value is -1.17. The molecule has 5 aliphatic rings. The van der Waals surface area contributed by atoms with E-state index in [1.165, 1.54) is 62.0 Å². The highest BCUT2D eigenvalue weighted by Crippen LogP contribution is 2.61. The molecule has 4 saturated carbocycles. The van der Waals surface area contributed by atoms with Gasteiger partial charge in [0.25, 0.3) is 0 Å². The van der Waals surface area contributed by atoms with Gasteiger partial charge in [-0.2, -0.15) is 0 Å². The van der Waals surface area contributed by atoms with Crippen LogP contribution in [0.3, 0.4) is 0 Å². The fourth-order valence-corrected chi connectivity index (χ4v) is 7.43. The molecule has 0 aromatic heterocycles. The fourth-order valence-electron chi connectivity index (χ4n) is 7.43. The Balaban J connectivity index is 0.995. The Morgan fingerprint density at radius 1 is 1.03 bits per heavy atom. The molecule has 4 bridgehead atoms. The summed E-state index contributed by atoms with van der Waals surface area (Å²) in [5.41, 5.74) is 1.66. The average Bonchev–Trinajstić information content (AvgIpc) is 2.72. The van der Waals surface area contributed by atoms with E-state index in [1.54, 1.807) is 0 Å². The van der Waals surface area contributed by atoms with Crippen LogP contribution in [-0.2, 0) is 4.74 Å². The van der Waals surface area contributed by atoms with Gasteiger partial charge >= 0.3 is 0 Å². The Morgan fingerprint density at radius 3 is 2.23 bits per heavy atom. The van der Waals surface area contributed by atoms with Crippen molar-refractivity contribution < 1.29 is 19.1 Å². The number of benzene rings is 1. The summed E-state index contributed by atoms with van der Waals surface area (Å²) in [6.07, 6.45) is 9.62. The maximum absolute atomic E-state index is 13.1. The van der Waals surface area contributed by atoms with Crippen molar-refractivity contribution in [3.8, 4) is 0 Å². The third-order valence-electron chi connectivity index (χ3n) is 8.44. The first-order valence-corrected chi connectivity index (χ1v) is 12.2. The molecule has 30 heavy (non-hydrogen) atoms. The highest BCUT2D eigenvalue weighted by molar-refractivity contribution is 5.46. The number of anilines is 1. The van der Waals surface area contributed by atoms with Crippen LogP contribution in [0.4, 0.5) is 10.1 Å². The molecule has 1 aromatic carbocycles. The maximum atomic E-state index is 13.1. The molecule has 0 radical (unpaired) electrons. The molecule has 1 atom stereocenters. The van der Waals surface area contributed by atoms with E-state index < -0.39 is 0 Å². The normalized spacial score (nSPS) is 34.5. The van der Waals surface area contributed by atoms with Gasteiger partial charge in [-0.15, -0.1) is 0 Å². The van der Waals surface area contributed by atoms with Crippen LogP contribution in [0.25, 0.3) is 0 Å². The molecule has 5 fully saturated rings. The molecule has 1 aromatic rings. The summed E-state index contributed by atoms with van der Waals surface area (Å²) in [5, 5.41) is 10.5. The van der Waals surface area contributed by atoms with Gasteiger partial charge in [-0.25, -0.2) is 4.39 Å². The number of hydrogen-bond acceptors (Lipinski definition) is 3. The van der Waals surface area contributed by atoms with E-state index in [1.807, 2.05) is 12.1 Å². The number of nitrogens with one attached hydrogen (secondary N) is 1. The summed E-state index contributed by atoms with van der Waals surface area (Å²) in [4.78, 5) is 3.74. The second-order valence-electron chi connectivity index (χ2n) is 10.8. The van der Waals surface area contributed by atoms with Gasteiger partial charge in [0.05, 0.1) is 32.8 Å². The molecule has 6 rings (SSSR count). The lowest BCUT2D eigenvalue weighted by molar-refractivity contribution is -0.903. The third kappa shape index (κ3) is 4.68. The molecule has 1 heterocycles. The van der Waals surface area contributed by atoms with E-state index in [0.29, 0.717) is 12.0 Å². The lowest BCUT2D eigenvalue weighted by Crippen LogP contribution is -3.16. The number of quaternary nitrogens is 1. The first kappa shape index (κ1) is 20.7. The minimum atomic E-state index is -0.381. The van der Waals surface area contributed by atoms with E-state index >= 15 is 0 Å². The Bertz CT molecular complexity index is 666. The molecule has 0 amide bonds. The Labute approximate surface area is 180 Å². The van der Waals surface area contributed by atoms with Gasteiger partial charge in [0.1, 0.15) is 18.5 Å². The van der Waals surface area contributed by atoms with Gasteiger partial charge in [0, 0.05) is 12.3 Å². The Kier molecular flexibility index (Phi) is 6.05. The van der Waals surface area contributed by atoms with Crippen molar-refractivity contribution in [2.75, 3.05) is 50.8 Å². The molecule has 1 saturated heterocycles.